The maximum atomic E-state index is 13.4. The Labute approximate surface area is 300 Å². The average molecular weight is 721 g/mol. The zero-order chi connectivity index (χ0) is 37.9. The van der Waals surface area contributed by atoms with Crippen LogP contribution in [0.25, 0.3) is 0 Å². The highest BCUT2D eigenvalue weighted by atomic mass is 16.7. The second kappa shape index (κ2) is 16.0. The zero-order valence-corrected chi connectivity index (χ0v) is 31.6. The van der Waals surface area contributed by atoms with E-state index in [-0.39, 0.29) is 25.7 Å². The van der Waals surface area contributed by atoms with Gasteiger partial charge >= 0.3 is 35.8 Å². The summed E-state index contributed by atoms with van der Waals surface area (Å²) in [5, 5.41) is 0. The molecule has 51 heavy (non-hydrogen) atoms. The zero-order valence-electron chi connectivity index (χ0n) is 31.6. The third-order valence-electron chi connectivity index (χ3n) is 11.2. The third-order valence-corrected chi connectivity index (χ3v) is 11.2. The molecule has 0 aromatic carbocycles. The van der Waals surface area contributed by atoms with Crippen LogP contribution in [0.15, 0.2) is 11.6 Å². The van der Waals surface area contributed by atoms with Gasteiger partial charge in [0, 0.05) is 58.3 Å². The number of carbonyl (C=O) groups is 6. The van der Waals surface area contributed by atoms with Crippen molar-refractivity contribution in [2.24, 2.45) is 17.3 Å². The minimum Gasteiger partial charge on any atom is -0.462 e. The van der Waals surface area contributed by atoms with Gasteiger partial charge in [-0.05, 0) is 32.8 Å². The molecular formula is C38H56O13. The summed E-state index contributed by atoms with van der Waals surface area (Å²) in [4.78, 5) is 78.8. The Balaban J connectivity index is 1.95. The van der Waals surface area contributed by atoms with Gasteiger partial charge in [-0.25, -0.2) is 4.79 Å². The van der Waals surface area contributed by atoms with Gasteiger partial charge in [-0.3, -0.25) is 24.0 Å². The molecule has 2 aliphatic carbocycles. The molecular weight excluding hydrogens is 664 g/mol. The number of hydrogen-bond acceptors (Lipinski definition) is 13. The van der Waals surface area contributed by atoms with Crippen LogP contribution in [0, 0.1) is 17.3 Å². The summed E-state index contributed by atoms with van der Waals surface area (Å²) < 4.78 is 42.8. The van der Waals surface area contributed by atoms with Gasteiger partial charge in [-0.15, -0.1) is 0 Å². The summed E-state index contributed by atoms with van der Waals surface area (Å²) in [5.74, 6) is -5.28. The van der Waals surface area contributed by atoms with Gasteiger partial charge < -0.3 is 33.2 Å². The molecule has 13 heteroatoms. The smallest absolute Gasteiger partial charge is 0.342 e. The molecule has 3 fully saturated rings. The number of carbonyl (C=O) groups excluding carboxylic acids is 6. The van der Waals surface area contributed by atoms with Crippen LogP contribution in [-0.4, -0.2) is 83.6 Å². The van der Waals surface area contributed by atoms with Crippen LogP contribution in [0.5, 0.6) is 0 Å². The van der Waals surface area contributed by atoms with E-state index in [1.54, 1.807) is 26.8 Å². The van der Waals surface area contributed by atoms with E-state index in [1.807, 2.05) is 13.8 Å². The van der Waals surface area contributed by atoms with Crippen molar-refractivity contribution in [2.45, 2.75) is 174 Å². The first-order chi connectivity index (χ1) is 24.0. The van der Waals surface area contributed by atoms with Crippen molar-refractivity contribution in [1.29, 1.82) is 0 Å². The molecule has 0 aromatic heterocycles. The van der Waals surface area contributed by atoms with Crippen molar-refractivity contribution in [3.8, 4) is 0 Å². The highest BCUT2D eigenvalue weighted by molar-refractivity contribution is 5.89. The Hall–Kier alpha value is -3.48. The Kier molecular flexibility index (Phi) is 12.7. The molecule has 1 unspecified atom stereocenters. The molecule has 0 radical (unpaired) electrons. The van der Waals surface area contributed by atoms with Crippen molar-refractivity contribution in [3.05, 3.63) is 11.6 Å². The van der Waals surface area contributed by atoms with E-state index < -0.39 is 101 Å². The predicted octanol–water partition coefficient (Wildman–Crippen LogP) is 5.23. The molecule has 4 aliphatic rings. The molecule has 13 nitrogen and oxygen atoms in total. The van der Waals surface area contributed by atoms with E-state index in [9.17, 15) is 28.8 Å². The Morgan fingerprint density at radius 2 is 1.37 bits per heavy atom. The third kappa shape index (κ3) is 7.98. The van der Waals surface area contributed by atoms with Gasteiger partial charge in [-0.2, -0.15) is 0 Å². The standard InChI is InChI=1S/C38H56O13/c1-10-12-13-14-15-17-31(43)48-26-20-28(45-23(5)39)36(8)32(22(26)4)34(47-25(7)41)38-29(50-35(44)37(38,9)51-38)19-21(3)18-27(33(36)46-24(6)40)49-30(42)16-11-2/h19,22,26-29,32-34H,10-18,20H2,1-9H3/b21-19-/t22-,26-,27-,28-,29-,32+,33-,34?,36-,37-,38+/m0/s1. The van der Waals surface area contributed by atoms with Crippen molar-refractivity contribution >= 4 is 35.8 Å². The van der Waals surface area contributed by atoms with Crippen LogP contribution in [0.4, 0.5) is 0 Å². The fraction of sp³-hybridized carbons (Fsp3) is 0.789. The van der Waals surface area contributed by atoms with Crippen LogP contribution in [-0.2, 0) is 61.9 Å². The minimum atomic E-state index is -1.53. The van der Waals surface area contributed by atoms with Gasteiger partial charge in [0.25, 0.3) is 0 Å². The van der Waals surface area contributed by atoms with Crippen LogP contribution < -0.4 is 0 Å². The van der Waals surface area contributed by atoms with Gasteiger partial charge in [0.15, 0.2) is 17.3 Å². The molecule has 0 aromatic rings. The number of epoxide rings is 1. The molecule has 1 saturated carbocycles. The van der Waals surface area contributed by atoms with E-state index in [0.717, 1.165) is 25.7 Å². The molecule has 2 aliphatic heterocycles. The molecule has 0 amide bonds. The molecule has 2 saturated heterocycles. The van der Waals surface area contributed by atoms with E-state index in [0.29, 0.717) is 18.4 Å². The maximum absolute atomic E-state index is 13.4. The summed E-state index contributed by atoms with van der Waals surface area (Å²) in [6, 6.07) is 0. The second-order valence-corrected chi connectivity index (χ2v) is 15.1. The number of hydrogen-bond donors (Lipinski definition) is 0. The van der Waals surface area contributed by atoms with E-state index in [1.165, 1.54) is 20.8 Å². The fourth-order valence-electron chi connectivity index (χ4n) is 8.78. The Bertz CT molecular complexity index is 1390. The van der Waals surface area contributed by atoms with Gasteiger partial charge in [0.2, 0.25) is 0 Å². The van der Waals surface area contributed by atoms with E-state index in [4.69, 9.17) is 33.2 Å². The summed E-state index contributed by atoms with van der Waals surface area (Å²) >= 11 is 0. The first-order valence-corrected chi connectivity index (χ1v) is 18.4. The SMILES string of the molecule is CCCCCCCC(=O)O[C@H]1C[C@H](OC(C)=O)[C@]2(C)[C@@H](OC(C)=O)[C@@H](OC(=O)CCC)C/C(C)=C\[C@@H]3OC(=O)[C@]4(C)O[C@@]34C(OC(C)=O)[C@H]2[C@H]1C. The van der Waals surface area contributed by atoms with Crippen molar-refractivity contribution in [2.75, 3.05) is 0 Å². The molecule has 2 heterocycles. The van der Waals surface area contributed by atoms with Crippen molar-refractivity contribution in [1.82, 2.24) is 0 Å². The Morgan fingerprint density at radius 1 is 0.784 bits per heavy atom. The number of fused-ring (bicyclic) bond motifs is 1. The van der Waals surface area contributed by atoms with Crippen LogP contribution >= 0.6 is 0 Å². The van der Waals surface area contributed by atoms with Crippen LogP contribution in [0.1, 0.15) is 127 Å². The largest absolute Gasteiger partial charge is 0.462 e. The fourth-order valence-corrected chi connectivity index (χ4v) is 8.78. The molecule has 286 valence electrons. The lowest BCUT2D eigenvalue weighted by Gasteiger charge is -2.57. The lowest BCUT2D eigenvalue weighted by Crippen LogP contribution is -2.68. The average Bonchev–Trinajstić information content (AvgIpc) is 3.62. The monoisotopic (exact) mass is 720 g/mol. The first kappa shape index (κ1) is 40.3. The maximum Gasteiger partial charge on any atom is 0.342 e. The topological polar surface area (TPSA) is 170 Å². The number of ether oxygens (including phenoxy) is 7. The minimum absolute atomic E-state index is 0.00824. The molecule has 1 spiro atoms. The summed E-state index contributed by atoms with van der Waals surface area (Å²) in [7, 11) is 0. The van der Waals surface area contributed by atoms with Crippen LogP contribution in [0.2, 0.25) is 0 Å². The van der Waals surface area contributed by atoms with Crippen molar-refractivity contribution in [3.63, 3.8) is 0 Å². The molecule has 4 rings (SSSR count). The highest BCUT2D eigenvalue weighted by Gasteiger charge is 2.87. The van der Waals surface area contributed by atoms with Gasteiger partial charge in [0.05, 0.1) is 5.41 Å². The number of unbranched alkanes of at least 4 members (excludes halogenated alkanes) is 4. The molecule has 11 atom stereocenters. The number of rotatable bonds is 13. The molecule has 0 bridgehead atoms. The van der Waals surface area contributed by atoms with Crippen LogP contribution in [0.3, 0.4) is 0 Å². The van der Waals surface area contributed by atoms with E-state index >= 15 is 0 Å². The lowest BCUT2D eigenvalue weighted by atomic mass is 9.52. The van der Waals surface area contributed by atoms with Crippen molar-refractivity contribution < 1.29 is 61.9 Å². The Morgan fingerprint density at radius 3 is 1.96 bits per heavy atom. The summed E-state index contributed by atoms with van der Waals surface area (Å²) in [5.41, 5.74) is -3.90. The summed E-state index contributed by atoms with van der Waals surface area (Å²) in [6.07, 6.45) is 0.559. The number of esters is 6. The second-order valence-electron chi connectivity index (χ2n) is 15.1. The first-order valence-electron chi connectivity index (χ1n) is 18.4. The predicted molar refractivity (Wildman–Crippen MR) is 181 cm³/mol. The molecule has 0 N–H and O–H groups in total. The quantitative estimate of drug-likeness (QED) is 0.0797. The van der Waals surface area contributed by atoms with Gasteiger partial charge in [-0.1, -0.05) is 59.0 Å². The van der Waals surface area contributed by atoms with E-state index in [2.05, 4.69) is 6.92 Å². The normalized spacial score (nSPS) is 37.9. The van der Waals surface area contributed by atoms with Gasteiger partial charge in [0.1, 0.15) is 30.5 Å². The lowest BCUT2D eigenvalue weighted by molar-refractivity contribution is -0.248. The summed E-state index contributed by atoms with van der Waals surface area (Å²) in [6.45, 7) is 14.5. The highest BCUT2D eigenvalue weighted by Crippen LogP contribution is 2.66.